The van der Waals surface area contributed by atoms with Crippen LogP contribution >= 0.6 is 0 Å². The number of nitrogens with zero attached hydrogens (tertiary/aromatic N) is 1. The van der Waals surface area contributed by atoms with Crippen LogP contribution in [0.3, 0.4) is 0 Å². The van der Waals surface area contributed by atoms with Gasteiger partial charge in [-0.25, -0.2) is 4.79 Å². The van der Waals surface area contributed by atoms with Crippen molar-refractivity contribution >= 4 is 5.91 Å². The van der Waals surface area contributed by atoms with Gasteiger partial charge in [-0.15, -0.1) is 0 Å². The van der Waals surface area contributed by atoms with Gasteiger partial charge in [0.2, 0.25) is 0 Å². The van der Waals surface area contributed by atoms with Gasteiger partial charge in [-0.2, -0.15) is 4.98 Å². The van der Waals surface area contributed by atoms with E-state index < -0.39 is 5.69 Å². The lowest BCUT2D eigenvalue weighted by atomic mass is 10.1. The van der Waals surface area contributed by atoms with Crippen LogP contribution in [0.5, 0.6) is 0 Å². The number of aryl methyl sites for hydroxylation is 1. The molecule has 0 spiro atoms. The first-order chi connectivity index (χ1) is 11.1. The Hall–Kier alpha value is -2.47. The molecule has 120 valence electrons. The van der Waals surface area contributed by atoms with Gasteiger partial charge in [0, 0.05) is 18.7 Å². The summed E-state index contributed by atoms with van der Waals surface area (Å²) in [7, 11) is 0. The maximum Gasteiger partial charge on any atom is 0.346 e. The molecule has 1 aromatic carbocycles. The molecule has 1 unspecified atom stereocenters. The van der Waals surface area contributed by atoms with E-state index in [1.54, 1.807) is 6.07 Å². The summed E-state index contributed by atoms with van der Waals surface area (Å²) < 4.78 is 5.47. The molecule has 2 N–H and O–H groups in total. The highest BCUT2D eigenvalue weighted by atomic mass is 16.5. The van der Waals surface area contributed by atoms with Crippen molar-refractivity contribution < 1.29 is 9.53 Å². The zero-order valence-corrected chi connectivity index (χ0v) is 13.0. The second kappa shape index (κ2) is 6.75. The van der Waals surface area contributed by atoms with E-state index in [2.05, 4.69) is 15.3 Å². The normalized spacial score (nSPS) is 17.2. The molecule has 0 saturated carbocycles. The average Bonchev–Trinajstić information content (AvgIpc) is 3.06. The van der Waals surface area contributed by atoms with Gasteiger partial charge in [0.15, 0.2) is 0 Å². The van der Waals surface area contributed by atoms with Crippen LogP contribution in [-0.4, -0.2) is 35.1 Å². The average molecular weight is 313 g/mol. The van der Waals surface area contributed by atoms with Crippen LogP contribution in [0.15, 0.2) is 35.1 Å². The third-order valence-corrected chi connectivity index (χ3v) is 3.85. The fraction of sp³-hybridized carbons (Fsp3) is 0.353. The summed E-state index contributed by atoms with van der Waals surface area (Å²) in [6, 6.07) is 9.23. The molecule has 6 nitrogen and oxygen atoms in total. The molecular formula is C17H19N3O3. The number of carbonyl (C=O) groups excluding carboxylic acids is 1. The molecular weight excluding hydrogens is 294 g/mol. The van der Waals surface area contributed by atoms with Crippen molar-refractivity contribution in [2.24, 2.45) is 0 Å². The Morgan fingerprint density at radius 1 is 1.39 bits per heavy atom. The minimum absolute atomic E-state index is 0.0593. The molecule has 2 aromatic rings. The fourth-order valence-corrected chi connectivity index (χ4v) is 2.56. The van der Waals surface area contributed by atoms with E-state index in [0.717, 1.165) is 30.6 Å². The molecule has 3 rings (SSSR count). The lowest BCUT2D eigenvalue weighted by molar-refractivity contribution is 0.0853. The zero-order chi connectivity index (χ0) is 16.2. The number of ether oxygens (including phenoxy) is 1. The number of aromatic nitrogens is 2. The molecule has 1 amide bonds. The molecule has 0 aliphatic carbocycles. The van der Waals surface area contributed by atoms with E-state index in [9.17, 15) is 9.59 Å². The number of benzene rings is 1. The first kappa shape index (κ1) is 15.4. The van der Waals surface area contributed by atoms with Crippen LogP contribution in [0.1, 0.15) is 28.9 Å². The number of amides is 1. The van der Waals surface area contributed by atoms with Crippen LogP contribution in [0.2, 0.25) is 0 Å². The number of aromatic amines is 1. The van der Waals surface area contributed by atoms with E-state index >= 15 is 0 Å². The fourth-order valence-electron chi connectivity index (χ4n) is 2.56. The zero-order valence-electron chi connectivity index (χ0n) is 13.0. The highest BCUT2D eigenvalue weighted by molar-refractivity contribution is 5.93. The van der Waals surface area contributed by atoms with E-state index in [-0.39, 0.29) is 17.7 Å². The maximum atomic E-state index is 12.2. The number of hydrogen-bond acceptors (Lipinski definition) is 4. The second-order valence-corrected chi connectivity index (χ2v) is 5.70. The monoisotopic (exact) mass is 313 g/mol. The Morgan fingerprint density at radius 3 is 2.87 bits per heavy atom. The minimum Gasteiger partial charge on any atom is -0.376 e. The second-order valence-electron chi connectivity index (χ2n) is 5.70. The summed E-state index contributed by atoms with van der Waals surface area (Å²) in [5.74, 6) is -0.326. The van der Waals surface area contributed by atoms with Crippen LogP contribution in [0.25, 0.3) is 11.3 Å². The number of rotatable bonds is 4. The van der Waals surface area contributed by atoms with Crippen LogP contribution in [0.4, 0.5) is 0 Å². The SMILES string of the molecule is Cc1ccc(-c2cc(C(=O)NCC3CCCO3)[nH]c(=O)n2)cc1. The molecule has 0 bridgehead atoms. The molecule has 23 heavy (non-hydrogen) atoms. The van der Waals surface area contributed by atoms with Crippen LogP contribution in [0, 0.1) is 6.92 Å². The Morgan fingerprint density at radius 2 is 2.17 bits per heavy atom. The third kappa shape index (κ3) is 3.84. The number of hydrogen-bond donors (Lipinski definition) is 2. The number of carbonyl (C=O) groups is 1. The van der Waals surface area contributed by atoms with Crippen LogP contribution in [-0.2, 0) is 4.74 Å². The topological polar surface area (TPSA) is 84.1 Å². The summed E-state index contributed by atoms with van der Waals surface area (Å²) in [4.78, 5) is 30.4. The Bertz CT molecular complexity index is 746. The summed E-state index contributed by atoms with van der Waals surface area (Å²) in [6.07, 6.45) is 2.02. The van der Waals surface area contributed by atoms with Gasteiger partial charge >= 0.3 is 5.69 Å². The van der Waals surface area contributed by atoms with Crippen molar-refractivity contribution in [3.63, 3.8) is 0 Å². The third-order valence-electron chi connectivity index (χ3n) is 3.85. The van der Waals surface area contributed by atoms with Crippen molar-refractivity contribution in [1.29, 1.82) is 0 Å². The van der Waals surface area contributed by atoms with E-state index in [0.29, 0.717) is 12.2 Å². The van der Waals surface area contributed by atoms with Crippen molar-refractivity contribution in [1.82, 2.24) is 15.3 Å². The maximum absolute atomic E-state index is 12.2. The highest BCUT2D eigenvalue weighted by Crippen LogP contribution is 2.17. The molecule has 1 aromatic heterocycles. The summed E-state index contributed by atoms with van der Waals surface area (Å²) >= 11 is 0. The van der Waals surface area contributed by atoms with Gasteiger partial charge in [0.1, 0.15) is 5.69 Å². The number of H-pyrrole nitrogens is 1. The summed E-state index contributed by atoms with van der Waals surface area (Å²) in [5, 5.41) is 2.79. The molecule has 1 aliphatic rings. The van der Waals surface area contributed by atoms with Gasteiger partial charge in [-0.1, -0.05) is 29.8 Å². The quantitative estimate of drug-likeness (QED) is 0.899. The molecule has 6 heteroatoms. The van der Waals surface area contributed by atoms with Crippen molar-refractivity contribution in [2.75, 3.05) is 13.2 Å². The minimum atomic E-state index is -0.537. The molecule has 1 fully saturated rings. The predicted octanol–water partition coefficient (Wildman–Crippen LogP) is 1.65. The molecule has 1 saturated heterocycles. The van der Waals surface area contributed by atoms with Gasteiger partial charge in [0.25, 0.3) is 5.91 Å². The smallest absolute Gasteiger partial charge is 0.346 e. The van der Waals surface area contributed by atoms with Crippen molar-refractivity contribution in [3.8, 4) is 11.3 Å². The molecule has 1 atom stereocenters. The molecule has 1 aliphatic heterocycles. The van der Waals surface area contributed by atoms with E-state index in [4.69, 9.17) is 4.74 Å². The molecule has 0 radical (unpaired) electrons. The Labute approximate surface area is 133 Å². The van der Waals surface area contributed by atoms with Gasteiger partial charge in [0.05, 0.1) is 11.8 Å². The lowest BCUT2D eigenvalue weighted by Crippen LogP contribution is -2.33. The first-order valence-corrected chi connectivity index (χ1v) is 7.70. The van der Waals surface area contributed by atoms with Crippen molar-refractivity contribution in [3.05, 3.63) is 52.1 Å². The van der Waals surface area contributed by atoms with Gasteiger partial charge in [-0.3, -0.25) is 4.79 Å². The van der Waals surface area contributed by atoms with Gasteiger partial charge < -0.3 is 15.0 Å². The lowest BCUT2D eigenvalue weighted by Gasteiger charge is -2.11. The van der Waals surface area contributed by atoms with Gasteiger partial charge in [-0.05, 0) is 25.8 Å². The Balaban J connectivity index is 1.78. The van der Waals surface area contributed by atoms with Crippen LogP contribution < -0.4 is 11.0 Å². The predicted molar refractivity (Wildman–Crippen MR) is 86.3 cm³/mol. The standard InChI is InChI=1S/C17H19N3O3/c1-11-4-6-12(7-5-11)14-9-15(20-17(22)19-14)16(21)18-10-13-3-2-8-23-13/h4-7,9,13H,2-3,8,10H2,1H3,(H,18,21)(H,19,20,22). The summed E-state index contributed by atoms with van der Waals surface area (Å²) in [5.41, 5.74) is 2.07. The Kier molecular flexibility index (Phi) is 4.52. The van der Waals surface area contributed by atoms with E-state index in [1.165, 1.54) is 0 Å². The van der Waals surface area contributed by atoms with E-state index in [1.807, 2.05) is 31.2 Å². The molecule has 2 heterocycles. The highest BCUT2D eigenvalue weighted by Gasteiger charge is 2.17. The largest absolute Gasteiger partial charge is 0.376 e. The first-order valence-electron chi connectivity index (χ1n) is 7.70. The number of nitrogens with one attached hydrogen (secondary N) is 2. The summed E-state index contributed by atoms with van der Waals surface area (Å²) in [6.45, 7) is 3.17. The van der Waals surface area contributed by atoms with Crippen molar-refractivity contribution in [2.45, 2.75) is 25.9 Å².